The van der Waals surface area contributed by atoms with E-state index in [2.05, 4.69) is 5.32 Å². The number of benzene rings is 3. The molecule has 3 aromatic rings. The summed E-state index contributed by atoms with van der Waals surface area (Å²) in [6, 6.07) is 15.6. The number of amides is 3. The number of carbonyl (C=O) groups is 3. The van der Waals surface area contributed by atoms with Crippen LogP contribution in [0.5, 0.6) is 17.2 Å². The van der Waals surface area contributed by atoms with Gasteiger partial charge < -0.3 is 25.2 Å². The molecule has 3 amide bonds. The molecule has 0 aliphatic carbocycles. The number of quaternary nitrogens is 1. The zero-order valence-electron chi connectivity index (χ0n) is 22.0. The van der Waals surface area contributed by atoms with E-state index in [0.29, 0.717) is 35.6 Å². The predicted molar refractivity (Wildman–Crippen MR) is 141 cm³/mol. The Morgan fingerprint density at radius 2 is 1.68 bits per heavy atom. The van der Waals surface area contributed by atoms with E-state index in [1.165, 1.54) is 30.2 Å². The van der Waals surface area contributed by atoms with E-state index in [9.17, 15) is 23.9 Å². The molecule has 9 nitrogen and oxygen atoms in total. The first-order valence-corrected chi connectivity index (χ1v) is 13.1. The first-order valence-electron chi connectivity index (χ1n) is 13.1. The van der Waals surface area contributed by atoms with Crippen molar-refractivity contribution in [2.24, 2.45) is 11.8 Å². The standard InChI is InChI=1S/C30H28FN3O6/c1-39-23-10-5-17(14-24(23)40-2)11-12-34-27(36)25-22(13-16-3-7-19(35)8-4-16)33-30(26(25)28(34)37)20-15-18(31)6-9-21(20)32-29(30)38/h3-10,14-15,22,25-26,33,35H,11-13H2,1-2H3,(H,32,38)/p+1/t22-,25+,26-,30-/m1/s1. The summed E-state index contributed by atoms with van der Waals surface area (Å²) in [6.07, 6.45) is 0.762. The first kappa shape index (κ1) is 25.8. The average molecular weight is 547 g/mol. The number of fused-ring (bicyclic) bond motifs is 4. The Labute approximate surface area is 229 Å². The zero-order chi connectivity index (χ0) is 28.2. The molecule has 3 heterocycles. The van der Waals surface area contributed by atoms with Crippen LogP contribution >= 0.6 is 0 Å². The highest BCUT2D eigenvalue weighted by Crippen LogP contribution is 2.49. The van der Waals surface area contributed by atoms with Gasteiger partial charge in [-0.1, -0.05) is 18.2 Å². The molecule has 40 heavy (non-hydrogen) atoms. The van der Waals surface area contributed by atoms with Crippen molar-refractivity contribution >= 4 is 23.4 Å². The zero-order valence-corrected chi connectivity index (χ0v) is 22.0. The lowest BCUT2D eigenvalue weighted by molar-refractivity contribution is -0.733. The monoisotopic (exact) mass is 546 g/mol. The summed E-state index contributed by atoms with van der Waals surface area (Å²) in [5.74, 6) is -2.29. The molecule has 4 atom stereocenters. The Morgan fingerprint density at radius 1 is 0.950 bits per heavy atom. The summed E-state index contributed by atoms with van der Waals surface area (Å²) >= 11 is 0. The van der Waals surface area contributed by atoms with Crippen molar-refractivity contribution in [1.82, 2.24) is 4.90 Å². The van der Waals surface area contributed by atoms with Crippen molar-refractivity contribution < 1.29 is 38.7 Å². The molecule has 0 bridgehead atoms. The number of phenolic OH excluding ortho intramolecular Hbond substituents is 1. The molecule has 1 spiro atoms. The maximum atomic E-state index is 14.5. The van der Waals surface area contributed by atoms with Gasteiger partial charge in [-0.2, -0.15) is 0 Å². The molecule has 0 saturated carbocycles. The van der Waals surface area contributed by atoms with Gasteiger partial charge in [0.05, 0.1) is 19.9 Å². The van der Waals surface area contributed by atoms with Crippen molar-refractivity contribution in [2.75, 3.05) is 26.1 Å². The summed E-state index contributed by atoms with van der Waals surface area (Å²) in [5, 5.41) is 14.3. The maximum Gasteiger partial charge on any atom is 0.291 e. The number of nitrogens with one attached hydrogen (secondary N) is 1. The van der Waals surface area contributed by atoms with E-state index in [1.54, 1.807) is 48.8 Å². The second-order valence-corrected chi connectivity index (χ2v) is 10.5. The van der Waals surface area contributed by atoms with Crippen molar-refractivity contribution in [3.05, 3.63) is 83.2 Å². The Kier molecular flexibility index (Phi) is 6.22. The van der Waals surface area contributed by atoms with Crippen LogP contribution in [0.2, 0.25) is 0 Å². The number of anilines is 1. The molecule has 3 aliphatic heterocycles. The third-order valence-electron chi connectivity index (χ3n) is 8.40. The number of nitrogens with two attached hydrogens (primary N) is 1. The van der Waals surface area contributed by atoms with Crippen LogP contribution in [-0.4, -0.2) is 54.5 Å². The van der Waals surface area contributed by atoms with Gasteiger partial charge in [0.15, 0.2) is 11.5 Å². The number of aromatic hydroxyl groups is 1. The van der Waals surface area contributed by atoms with Crippen LogP contribution in [0.3, 0.4) is 0 Å². The van der Waals surface area contributed by atoms with Gasteiger partial charge in [-0.3, -0.25) is 19.3 Å². The fourth-order valence-corrected chi connectivity index (χ4v) is 6.58. The van der Waals surface area contributed by atoms with Crippen molar-refractivity contribution in [3.8, 4) is 17.2 Å². The smallest absolute Gasteiger partial charge is 0.291 e. The topological polar surface area (TPSA) is 122 Å². The molecular formula is C30H29FN3O6+. The number of nitrogens with zero attached hydrogens (tertiary/aromatic N) is 1. The van der Waals surface area contributed by atoms with E-state index >= 15 is 0 Å². The molecule has 2 fully saturated rings. The van der Waals surface area contributed by atoms with Gasteiger partial charge >= 0.3 is 0 Å². The normalized spacial score (nSPS) is 24.8. The number of phenols is 1. The van der Waals surface area contributed by atoms with Gasteiger partial charge in [-0.15, -0.1) is 0 Å². The second-order valence-electron chi connectivity index (χ2n) is 10.5. The lowest BCUT2D eigenvalue weighted by Gasteiger charge is -2.26. The first-order chi connectivity index (χ1) is 19.3. The Balaban J connectivity index is 1.36. The number of ether oxygens (including phenoxy) is 2. The summed E-state index contributed by atoms with van der Waals surface area (Å²) < 4.78 is 25.1. The van der Waals surface area contributed by atoms with E-state index in [1.807, 2.05) is 6.07 Å². The molecule has 0 unspecified atom stereocenters. The largest absolute Gasteiger partial charge is 0.508 e. The molecule has 3 aromatic carbocycles. The van der Waals surface area contributed by atoms with Crippen molar-refractivity contribution in [2.45, 2.75) is 24.4 Å². The minimum absolute atomic E-state index is 0.113. The molecule has 0 radical (unpaired) electrons. The molecule has 2 saturated heterocycles. The Bertz CT molecular complexity index is 1530. The van der Waals surface area contributed by atoms with Gasteiger partial charge in [-0.05, 0) is 60.0 Å². The van der Waals surface area contributed by atoms with E-state index in [0.717, 1.165) is 11.1 Å². The number of imide groups is 1. The van der Waals surface area contributed by atoms with Gasteiger partial charge in [-0.25, -0.2) is 4.39 Å². The van der Waals surface area contributed by atoms with Crippen molar-refractivity contribution in [1.29, 1.82) is 0 Å². The lowest BCUT2D eigenvalue weighted by Crippen LogP contribution is -2.99. The highest BCUT2D eigenvalue weighted by atomic mass is 19.1. The predicted octanol–water partition coefficient (Wildman–Crippen LogP) is 1.73. The van der Waals surface area contributed by atoms with Crippen LogP contribution in [0.4, 0.5) is 10.1 Å². The summed E-state index contributed by atoms with van der Waals surface area (Å²) in [7, 11) is 3.08. The summed E-state index contributed by atoms with van der Waals surface area (Å²) in [4.78, 5) is 42.8. The third-order valence-corrected chi connectivity index (χ3v) is 8.40. The number of likely N-dealkylation sites (tertiary alicyclic amines) is 1. The van der Waals surface area contributed by atoms with Crippen LogP contribution in [0.1, 0.15) is 16.7 Å². The number of halogens is 1. The summed E-state index contributed by atoms with van der Waals surface area (Å²) in [6.45, 7) is 0.125. The number of hydrogen-bond acceptors (Lipinski definition) is 6. The molecule has 10 heteroatoms. The minimum Gasteiger partial charge on any atom is -0.508 e. The van der Waals surface area contributed by atoms with Crippen molar-refractivity contribution in [3.63, 3.8) is 0 Å². The molecular weight excluding hydrogens is 517 g/mol. The van der Waals surface area contributed by atoms with Gasteiger partial charge in [0, 0.05) is 18.5 Å². The SMILES string of the molecule is COc1ccc(CCN2C(=O)[C@H]3[C@@H](Cc4ccc(O)cc4)[NH2+][C@@]4(C(=O)Nc5ccc(F)cc54)[C@H]3C2=O)cc1OC. The summed E-state index contributed by atoms with van der Waals surface area (Å²) in [5.41, 5.74) is 1.05. The molecule has 4 N–H and O–H groups in total. The van der Waals surface area contributed by atoms with Gasteiger partial charge in [0.1, 0.15) is 29.4 Å². The fraction of sp³-hybridized carbons (Fsp3) is 0.300. The van der Waals surface area contributed by atoms with E-state index < -0.39 is 41.0 Å². The number of hydrogen-bond donors (Lipinski definition) is 3. The van der Waals surface area contributed by atoms with Crippen LogP contribution < -0.4 is 20.1 Å². The Hall–Kier alpha value is -4.44. The minimum atomic E-state index is -1.46. The van der Waals surface area contributed by atoms with Crippen LogP contribution in [0.25, 0.3) is 0 Å². The maximum absolute atomic E-state index is 14.5. The Morgan fingerprint density at radius 3 is 2.40 bits per heavy atom. The highest BCUT2D eigenvalue weighted by molar-refractivity contribution is 6.13. The van der Waals surface area contributed by atoms with Crippen LogP contribution in [0.15, 0.2) is 60.7 Å². The second kappa shape index (κ2) is 9.63. The molecule has 206 valence electrons. The molecule has 6 rings (SSSR count). The third kappa shape index (κ3) is 3.90. The average Bonchev–Trinajstić information content (AvgIpc) is 3.52. The lowest BCUT2D eigenvalue weighted by atomic mass is 9.76. The van der Waals surface area contributed by atoms with Crippen LogP contribution in [0, 0.1) is 17.7 Å². The number of rotatable bonds is 7. The van der Waals surface area contributed by atoms with E-state index in [-0.39, 0.29) is 18.2 Å². The molecule has 0 aromatic heterocycles. The highest BCUT2D eigenvalue weighted by Gasteiger charge is 2.74. The van der Waals surface area contributed by atoms with Gasteiger partial charge in [0.2, 0.25) is 17.4 Å². The van der Waals surface area contributed by atoms with Crippen LogP contribution in [-0.2, 0) is 32.8 Å². The van der Waals surface area contributed by atoms with E-state index in [4.69, 9.17) is 9.47 Å². The fourth-order valence-electron chi connectivity index (χ4n) is 6.58. The number of methoxy groups -OCH3 is 2. The quantitative estimate of drug-likeness (QED) is 0.388. The van der Waals surface area contributed by atoms with Gasteiger partial charge in [0.25, 0.3) is 5.91 Å². The molecule has 3 aliphatic rings. The number of carbonyl (C=O) groups excluding carboxylic acids is 3.